The Morgan fingerprint density at radius 1 is 1.28 bits per heavy atom. The molecule has 0 fully saturated rings. The van der Waals surface area contributed by atoms with Gasteiger partial charge in [0.1, 0.15) is 17.3 Å². The van der Waals surface area contributed by atoms with Crippen LogP contribution >= 0.6 is 11.6 Å². The number of hydrogen-bond acceptors (Lipinski definition) is 4. The Morgan fingerprint density at radius 3 is 2.72 bits per heavy atom. The average molecular weight is 370 g/mol. The summed E-state index contributed by atoms with van der Waals surface area (Å²) in [6, 6.07) is 5.51. The number of benzene rings is 1. The van der Waals surface area contributed by atoms with Gasteiger partial charge < -0.3 is 14.5 Å². The summed E-state index contributed by atoms with van der Waals surface area (Å²) in [4.78, 5) is 8.14. The summed E-state index contributed by atoms with van der Waals surface area (Å²) < 4.78 is 43.6. The van der Waals surface area contributed by atoms with Crippen molar-refractivity contribution in [3.63, 3.8) is 0 Å². The molecule has 0 amide bonds. The molecule has 1 aliphatic heterocycles. The highest BCUT2D eigenvalue weighted by molar-refractivity contribution is 6.32. The summed E-state index contributed by atoms with van der Waals surface area (Å²) in [5, 5.41) is 0.0195. The van der Waals surface area contributed by atoms with Crippen molar-refractivity contribution in [1.82, 2.24) is 14.8 Å². The van der Waals surface area contributed by atoms with Crippen LogP contribution in [0.25, 0.3) is 11.3 Å². The molecule has 25 heavy (non-hydrogen) atoms. The SMILES string of the molecule is CN1C=CN(Cc2cnc(-c3ccc(Cl)c(OC(F)F)c3)c(F)c2)C1. The van der Waals surface area contributed by atoms with Gasteiger partial charge in [0.25, 0.3) is 0 Å². The number of ether oxygens (including phenoxy) is 1. The zero-order valence-electron chi connectivity index (χ0n) is 13.3. The maximum Gasteiger partial charge on any atom is 0.387 e. The number of rotatable bonds is 5. The van der Waals surface area contributed by atoms with E-state index in [9.17, 15) is 13.2 Å². The molecule has 2 heterocycles. The lowest BCUT2D eigenvalue weighted by Crippen LogP contribution is -2.22. The zero-order valence-corrected chi connectivity index (χ0v) is 14.1. The highest BCUT2D eigenvalue weighted by atomic mass is 35.5. The van der Waals surface area contributed by atoms with E-state index < -0.39 is 12.4 Å². The van der Waals surface area contributed by atoms with E-state index in [1.165, 1.54) is 24.3 Å². The molecule has 0 N–H and O–H groups in total. The van der Waals surface area contributed by atoms with E-state index in [0.29, 0.717) is 17.7 Å². The van der Waals surface area contributed by atoms with Crippen LogP contribution in [0.2, 0.25) is 5.02 Å². The van der Waals surface area contributed by atoms with Crippen LogP contribution in [0.5, 0.6) is 5.75 Å². The van der Waals surface area contributed by atoms with Crippen molar-refractivity contribution < 1.29 is 17.9 Å². The third-order valence-electron chi connectivity index (χ3n) is 3.64. The summed E-state index contributed by atoms with van der Waals surface area (Å²) >= 11 is 5.81. The van der Waals surface area contributed by atoms with Gasteiger partial charge in [-0.25, -0.2) is 4.39 Å². The predicted molar refractivity (Wildman–Crippen MR) is 88.6 cm³/mol. The van der Waals surface area contributed by atoms with Crippen molar-refractivity contribution in [2.24, 2.45) is 0 Å². The predicted octanol–water partition coefficient (Wildman–Crippen LogP) is 4.32. The fourth-order valence-corrected chi connectivity index (χ4v) is 2.70. The molecule has 0 spiro atoms. The van der Waals surface area contributed by atoms with Crippen molar-refractivity contribution in [2.75, 3.05) is 13.7 Å². The minimum atomic E-state index is -3.01. The highest BCUT2D eigenvalue weighted by Gasteiger charge is 2.15. The molecule has 1 aliphatic rings. The largest absolute Gasteiger partial charge is 0.433 e. The van der Waals surface area contributed by atoms with Gasteiger partial charge in [0, 0.05) is 37.8 Å². The first-order valence-electron chi connectivity index (χ1n) is 7.44. The van der Waals surface area contributed by atoms with E-state index >= 15 is 0 Å². The number of nitrogens with zero attached hydrogens (tertiary/aromatic N) is 3. The van der Waals surface area contributed by atoms with Crippen molar-refractivity contribution >= 4 is 11.6 Å². The second-order valence-electron chi connectivity index (χ2n) is 5.64. The maximum absolute atomic E-state index is 14.4. The van der Waals surface area contributed by atoms with E-state index in [-0.39, 0.29) is 16.5 Å². The van der Waals surface area contributed by atoms with E-state index in [4.69, 9.17) is 11.6 Å². The smallest absolute Gasteiger partial charge is 0.387 e. The zero-order chi connectivity index (χ0) is 18.0. The van der Waals surface area contributed by atoms with Crippen LogP contribution in [-0.2, 0) is 6.54 Å². The lowest BCUT2D eigenvalue weighted by atomic mass is 10.1. The molecule has 4 nitrogen and oxygen atoms in total. The molecule has 3 rings (SSSR count). The molecule has 0 aliphatic carbocycles. The third kappa shape index (κ3) is 4.17. The molecule has 8 heteroatoms. The fourth-order valence-electron chi connectivity index (χ4n) is 2.54. The average Bonchev–Trinajstić information content (AvgIpc) is 2.94. The van der Waals surface area contributed by atoms with Gasteiger partial charge in [-0.1, -0.05) is 17.7 Å². The lowest BCUT2D eigenvalue weighted by molar-refractivity contribution is -0.0497. The van der Waals surface area contributed by atoms with Gasteiger partial charge in [0.2, 0.25) is 0 Å². The Kier molecular flexibility index (Phi) is 5.03. The van der Waals surface area contributed by atoms with Gasteiger partial charge in [-0.05, 0) is 23.8 Å². The fraction of sp³-hybridized carbons (Fsp3) is 0.235. The van der Waals surface area contributed by atoms with Crippen molar-refractivity contribution in [2.45, 2.75) is 13.2 Å². The molecule has 132 valence electrons. The van der Waals surface area contributed by atoms with Crippen LogP contribution in [0.1, 0.15) is 5.56 Å². The molecule has 0 saturated carbocycles. The van der Waals surface area contributed by atoms with E-state index in [1.807, 2.05) is 29.2 Å². The number of alkyl halides is 2. The van der Waals surface area contributed by atoms with Crippen molar-refractivity contribution in [3.8, 4) is 17.0 Å². The molecule has 0 radical (unpaired) electrons. The van der Waals surface area contributed by atoms with Crippen molar-refractivity contribution in [3.05, 3.63) is 59.3 Å². The molecular formula is C17H15ClF3N3O. The van der Waals surface area contributed by atoms with Crippen LogP contribution < -0.4 is 4.74 Å². The van der Waals surface area contributed by atoms with E-state index in [1.54, 1.807) is 6.20 Å². The Hall–Kier alpha value is -2.41. The highest BCUT2D eigenvalue weighted by Crippen LogP contribution is 2.32. The van der Waals surface area contributed by atoms with Crippen LogP contribution in [-0.4, -0.2) is 35.1 Å². The summed E-state index contributed by atoms with van der Waals surface area (Å²) in [5.41, 5.74) is 1.07. The Morgan fingerprint density at radius 2 is 2.08 bits per heavy atom. The van der Waals surface area contributed by atoms with Gasteiger partial charge >= 0.3 is 6.61 Å². The van der Waals surface area contributed by atoms with Gasteiger partial charge in [-0.3, -0.25) is 4.98 Å². The molecule has 1 aromatic heterocycles. The van der Waals surface area contributed by atoms with E-state index in [0.717, 1.165) is 6.67 Å². The molecule has 0 saturated heterocycles. The molecule has 2 aromatic rings. The topological polar surface area (TPSA) is 28.6 Å². The lowest BCUT2D eigenvalue weighted by Gasteiger charge is -2.18. The van der Waals surface area contributed by atoms with Crippen molar-refractivity contribution in [1.29, 1.82) is 0 Å². The first-order chi connectivity index (χ1) is 11.9. The minimum absolute atomic E-state index is 0.0195. The van der Waals surface area contributed by atoms with E-state index in [2.05, 4.69) is 9.72 Å². The number of halogens is 4. The van der Waals surface area contributed by atoms with Gasteiger partial charge in [0.15, 0.2) is 0 Å². The summed E-state index contributed by atoms with van der Waals surface area (Å²) in [6.07, 6.45) is 5.40. The van der Waals surface area contributed by atoms with Crippen LogP contribution in [0.4, 0.5) is 13.2 Å². The molecule has 0 atom stereocenters. The normalized spacial score (nSPS) is 13.8. The molecule has 1 aromatic carbocycles. The summed E-state index contributed by atoms with van der Waals surface area (Å²) in [7, 11) is 1.94. The summed E-state index contributed by atoms with van der Waals surface area (Å²) in [6.45, 7) is -1.78. The number of pyridine rings is 1. The quantitative estimate of drug-likeness (QED) is 0.785. The number of aromatic nitrogens is 1. The third-order valence-corrected chi connectivity index (χ3v) is 3.95. The standard InChI is InChI=1S/C17H15ClF3N3O/c1-23-4-5-24(10-23)9-11-6-14(19)16(22-8-11)12-2-3-13(18)15(7-12)25-17(20)21/h2-8,17H,9-10H2,1H3. The van der Waals surface area contributed by atoms with Gasteiger partial charge in [-0.15, -0.1) is 0 Å². The molecule has 0 bridgehead atoms. The first kappa shape index (κ1) is 17.4. The second-order valence-corrected chi connectivity index (χ2v) is 6.05. The number of hydrogen-bond donors (Lipinski definition) is 0. The first-order valence-corrected chi connectivity index (χ1v) is 7.82. The van der Waals surface area contributed by atoms with Crippen LogP contribution in [0, 0.1) is 5.82 Å². The van der Waals surface area contributed by atoms with Gasteiger partial charge in [0.05, 0.1) is 11.7 Å². The monoisotopic (exact) mass is 369 g/mol. The Bertz CT molecular complexity index is 801. The second kappa shape index (κ2) is 7.23. The molecular weight excluding hydrogens is 355 g/mol. The Balaban J connectivity index is 1.82. The minimum Gasteiger partial charge on any atom is -0.433 e. The Labute approximate surface area is 148 Å². The van der Waals surface area contributed by atoms with Gasteiger partial charge in [-0.2, -0.15) is 8.78 Å². The molecule has 0 unspecified atom stereocenters. The van der Waals surface area contributed by atoms with Crippen LogP contribution in [0.3, 0.4) is 0 Å². The maximum atomic E-state index is 14.4. The summed E-state index contributed by atoms with van der Waals surface area (Å²) in [5.74, 6) is -0.760. The van der Waals surface area contributed by atoms with Crippen LogP contribution in [0.15, 0.2) is 42.9 Å².